The molecule has 1 aliphatic heterocycles. The van der Waals surface area contributed by atoms with Gasteiger partial charge in [0.15, 0.2) is 5.43 Å². The van der Waals surface area contributed by atoms with Gasteiger partial charge in [-0.2, -0.15) is 0 Å². The Morgan fingerprint density at radius 1 is 0.944 bits per heavy atom. The van der Waals surface area contributed by atoms with Crippen LogP contribution in [0.1, 0.15) is 38.2 Å². The Morgan fingerprint density at radius 3 is 2.25 bits per heavy atom. The van der Waals surface area contributed by atoms with Crippen molar-refractivity contribution >= 4 is 51.7 Å². The van der Waals surface area contributed by atoms with Crippen LogP contribution in [0.4, 0.5) is 0 Å². The van der Waals surface area contributed by atoms with E-state index in [2.05, 4.69) is 5.32 Å². The lowest BCUT2D eigenvalue weighted by Gasteiger charge is -2.23. The highest BCUT2D eigenvalue weighted by Gasteiger charge is 2.31. The maximum Gasteiger partial charge on any atom is 0.253 e. The fourth-order valence-corrected chi connectivity index (χ4v) is 5.40. The van der Waals surface area contributed by atoms with Gasteiger partial charge in [-0.15, -0.1) is 0 Å². The topological polar surface area (TPSA) is 106 Å². The maximum absolute atomic E-state index is 13.4. The Balaban J connectivity index is 2.34. The Bertz CT molecular complexity index is 1610. The molecule has 0 saturated heterocycles. The number of hydrogen-bond donors (Lipinski definition) is 3. The highest BCUT2D eigenvalue weighted by atomic mass is 35.5. The lowest BCUT2D eigenvalue weighted by atomic mass is 9.86. The van der Waals surface area contributed by atoms with Gasteiger partial charge < -0.3 is 20.6 Å². The first-order valence-corrected chi connectivity index (χ1v) is 12.4. The van der Waals surface area contributed by atoms with Gasteiger partial charge in [-0.3, -0.25) is 9.59 Å². The average Bonchev–Trinajstić information content (AvgIpc) is 2.85. The maximum atomic E-state index is 13.4. The SMILES string of the molecule is Cc1cc2c(-c3c(Cl)c(Cl)c(C)c(Cl)c3C(=O)NCCN)c3cc(C)c(=O)c(C)c-3oc2c(C)c1O. The molecule has 0 fully saturated rings. The third-order valence-electron chi connectivity index (χ3n) is 6.51. The van der Waals surface area contributed by atoms with Gasteiger partial charge in [0.2, 0.25) is 0 Å². The molecular formula is C27H25Cl3N2O4. The summed E-state index contributed by atoms with van der Waals surface area (Å²) in [6, 6.07) is 3.46. The molecule has 0 atom stereocenters. The minimum Gasteiger partial charge on any atom is -0.507 e. The summed E-state index contributed by atoms with van der Waals surface area (Å²) in [5.41, 5.74) is 9.74. The predicted molar refractivity (Wildman–Crippen MR) is 146 cm³/mol. The van der Waals surface area contributed by atoms with E-state index in [-0.39, 0.29) is 44.9 Å². The van der Waals surface area contributed by atoms with Crippen LogP contribution < -0.4 is 16.5 Å². The Kier molecular flexibility index (Phi) is 7.01. The zero-order valence-electron chi connectivity index (χ0n) is 20.5. The molecule has 188 valence electrons. The third kappa shape index (κ3) is 3.93. The van der Waals surface area contributed by atoms with Crippen molar-refractivity contribution in [2.45, 2.75) is 34.6 Å². The minimum absolute atomic E-state index is 0.0654. The Morgan fingerprint density at radius 2 is 1.61 bits per heavy atom. The van der Waals surface area contributed by atoms with Crippen LogP contribution in [-0.4, -0.2) is 24.1 Å². The molecule has 2 aromatic carbocycles. The number of phenolic OH excluding ortho intramolecular Hbond substituents is 1. The van der Waals surface area contributed by atoms with Gasteiger partial charge >= 0.3 is 0 Å². The van der Waals surface area contributed by atoms with Crippen molar-refractivity contribution in [1.29, 1.82) is 0 Å². The van der Waals surface area contributed by atoms with Gasteiger partial charge in [0.25, 0.3) is 5.91 Å². The molecule has 6 nitrogen and oxygen atoms in total. The van der Waals surface area contributed by atoms with Crippen molar-refractivity contribution in [3.63, 3.8) is 0 Å². The molecule has 1 heterocycles. The molecule has 2 aliphatic rings. The van der Waals surface area contributed by atoms with E-state index in [0.717, 1.165) is 0 Å². The van der Waals surface area contributed by atoms with Gasteiger partial charge in [0, 0.05) is 46.3 Å². The number of fused-ring (bicyclic) bond motifs is 2. The van der Waals surface area contributed by atoms with Crippen LogP contribution in [-0.2, 0) is 0 Å². The predicted octanol–water partition coefficient (Wildman–Crippen LogP) is 6.46. The monoisotopic (exact) mass is 546 g/mol. The van der Waals surface area contributed by atoms with E-state index in [1.54, 1.807) is 46.8 Å². The molecule has 1 amide bonds. The molecule has 0 spiro atoms. The summed E-state index contributed by atoms with van der Waals surface area (Å²) in [6.07, 6.45) is 0. The average molecular weight is 548 g/mol. The fraction of sp³-hybridized carbons (Fsp3) is 0.259. The van der Waals surface area contributed by atoms with E-state index in [9.17, 15) is 14.7 Å². The fourth-order valence-electron chi connectivity index (χ4n) is 4.55. The molecule has 2 aromatic rings. The van der Waals surface area contributed by atoms with Crippen LogP contribution in [0.25, 0.3) is 33.4 Å². The van der Waals surface area contributed by atoms with Crippen molar-refractivity contribution in [3.8, 4) is 28.2 Å². The number of carbonyl (C=O) groups is 1. The number of halogens is 3. The number of aryl methyl sites for hydroxylation is 3. The largest absolute Gasteiger partial charge is 0.507 e. The molecule has 0 aromatic heterocycles. The quantitative estimate of drug-likeness (QED) is 0.201. The number of amides is 1. The molecule has 0 bridgehead atoms. The van der Waals surface area contributed by atoms with Crippen LogP contribution in [0.2, 0.25) is 15.1 Å². The molecule has 0 unspecified atom stereocenters. The summed E-state index contributed by atoms with van der Waals surface area (Å²) >= 11 is 20.2. The van der Waals surface area contributed by atoms with Gasteiger partial charge in [0.05, 0.1) is 20.6 Å². The second kappa shape index (κ2) is 9.60. The van der Waals surface area contributed by atoms with Crippen LogP contribution in [0, 0.1) is 34.6 Å². The standard InChI is InChI=1S/C27H25Cl3N2O4/c1-10-8-15-17(18-19(27(35)32-7-6-31)20(28)12(3)21(29)22(18)30)16-9-11(2)24(34)14(5)26(16)36-25(15)13(4)23(10)33/h8-9,33H,6-7,31H2,1-5H3,(H,32,35). The van der Waals surface area contributed by atoms with E-state index >= 15 is 0 Å². The first-order valence-electron chi connectivity index (χ1n) is 11.3. The molecular weight excluding hydrogens is 523 g/mol. The minimum atomic E-state index is -0.467. The zero-order valence-corrected chi connectivity index (χ0v) is 22.7. The number of rotatable bonds is 4. The van der Waals surface area contributed by atoms with Gasteiger partial charge in [-0.25, -0.2) is 0 Å². The molecule has 4 rings (SSSR count). The first-order chi connectivity index (χ1) is 16.9. The summed E-state index contributed by atoms with van der Waals surface area (Å²) in [4.78, 5) is 26.2. The number of nitrogens with two attached hydrogens (primary N) is 1. The Hall–Kier alpha value is -2.77. The van der Waals surface area contributed by atoms with Crippen molar-refractivity contribution in [2.24, 2.45) is 5.73 Å². The van der Waals surface area contributed by atoms with Crippen LogP contribution in [0.15, 0.2) is 21.3 Å². The van der Waals surface area contributed by atoms with Crippen LogP contribution in [0.3, 0.4) is 0 Å². The molecule has 1 aliphatic carbocycles. The number of hydrogen-bond acceptors (Lipinski definition) is 5. The van der Waals surface area contributed by atoms with E-state index in [1.807, 2.05) is 0 Å². The Labute approximate surface area is 223 Å². The number of nitrogens with one attached hydrogen (secondary N) is 1. The molecule has 36 heavy (non-hydrogen) atoms. The van der Waals surface area contributed by atoms with Crippen molar-refractivity contribution in [3.05, 3.63) is 70.8 Å². The molecule has 9 heteroatoms. The zero-order chi connectivity index (χ0) is 26.6. The van der Waals surface area contributed by atoms with E-state index in [0.29, 0.717) is 61.2 Å². The van der Waals surface area contributed by atoms with E-state index in [1.165, 1.54) is 0 Å². The summed E-state index contributed by atoms with van der Waals surface area (Å²) in [5, 5.41) is 14.5. The number of phenols is 1. The summed E-state index contributed by atoms with van der Waals surface area (Å²) < 4.78 is 6.24. The second-order valence-corrected chi connectivity index (χ2v) is 10.0. The van der Waals surface area contributed by atoms with Crippen molar-refractivity contribution < 1.29 is 14.3 Å². The first kappa shape index (κ1) is 26.3. The summed E-state index contributed by atoms with van der Waals surface area (Å²) in [5.74, 6) is -0.0855. The molecule has 4 N–H and O–H groups in total. The molecule has 0 radical (unpaired) electrons. The van der Waals surface area contributed by atoms with Gasteiger partial charge in [-0.1, -0.05) is 34.8 Å². The number of carbonyl (C=O) groups excluding carboxylic acids is 1. The number of benzene rings is 3. The van der Waals surface area contributed by atoms with Gasteiger partial charge in [0.1, 0.15) is 17.1 Å². The second-order valence-electron chi connectivity index (χ2n) is 8.91. The lowest BCUT2D eigenvalue weighted by molar-refractivity contribution is 0.0955. The smallest absolute Gasteiger partial charge is 0.253 e. The van der Waals surface area contributed by atoms with Crippen LogP contribution >= 0.6 is 34.8 Å². The van der Waals surface area contributed by atoms with Crippen molar-refractivity contribution in [2.75, 3.05) is 13.1 Å². The molecule has 0 saturated carbocycles. The third-order valence-corrected chi connectivity index (χ3v) is 7.93. The number of aromatic hydroxyl groups is 1. The highest BCUT2D eigenvalue weighted by molar-refractivity contribution is 6.47. The summed E-state index contributed by atoms with van der Waals surface area (Å²) in [6.45, 7) is 9.00. The van der Waals surface area contributed by atoms with Crippen molar-refractivity contribution in [1.82, 2.24) is 5.32 Å². The van der Waals surface area contributed by atoms with E-state index in [4.69, 9.17) is 45.0 Å². The van der Waals surface area contributed by atoms with E-state index < -0.39 is 5.91 Å². The van der Waals surface area contributed by atoms with Crippen LogP contribution in [0.5, 0.6) is 5.75 Å². The summed E-state index contributed by atoms with van der Waals surface area (Å²) in [7, 11) is 0. The normalized spacial score (nSPS) is 11.5. The van der Waals surface area contributed by atoms with Gasteiger partial charge in [-0.05, 0) is 63.4 Å². The highest BCUT2D eigenvalue weighted by Crippen LogP contribution is 2.51. The lowest BCUT2D eigenvalue weighted by Crippen LogP contribution is -2.30.